The molecule has 3 aromatic rings. The van der Waals surface area contributed by atoms with Crippen LogP contribution in [0.1, 0.15) is 5.56 Å². The van der Waals surface area contributed by atoms with E-state index in [0.717, 1.165) is 26.1 Å². The van der Waals surface area contributed by atoms with Crippen molar-refractivity contribution in [2.24, 2.45) is 10.1 Å². The number of hydrogen-bond acceptors (Lipinski definition) is 3. The molecule has 0 aliphatic heterocycles. The first-order valence-electron chi connectivity index (χ1n) is 6.76. The zero-order valence-electron chi connectivity index (χ0n) is 12.0. The molecular formula is C17H14BrN3S. The van der Waals surface area contributed by atoms with Crippen LogP contribution >= 0.6 is 27.3 Å². The molecule has 0 aliphatic carbocycles. The second kappa shape index (κ2) is 6.85. The molecule has 1 heterocycles. The molecule has 0 amide bonds. The number of hydrogen-bond donors (Lipinski definition) is 0. The van der Waals surface area contributed by atoms with Crippen LogP contribution < -0.4 is 4.80 Å². The molecule has 2 aromatic carbocycles. The topological polar surface area (TPSA) is 29.6 Å². The average Bonchev–Trinajstić information content (AvgIpc) is 2.97. The van der Waals surface area contributed by atoms with E-state index in [1.54, 1.807) is 18.4 Å². The number of rotatable bonds is 3. The van der Waals surface area contributed by atoms with Gasteiger partial charge in [-0.2, -0.15) is 5.10 Å². The summed E-state index contributed by atoms with van der Waals surface area (Å²) in [6.45, 7) is 0. The Morgan fingerprint density at radius 1 is 1.09 bits per heavy atom. The Morgan fingerprint density at radius 3 is 2.64 bits per heavy atom. The predicted octanol–water partition coefficient (Wildman–Crippen LogP) is 4.39. The minimum absolute atomic E-state index is 0.866. The molecule has 0 spiro atoms. The fraction of sp³-hybridized carbons (Fsp3) is 0.0588. The molecule has 0 bridgehead atoms. The molecular weight excluding hydrogens is 358 g/mol. The van der Waals surface area contributed by atoms with Gasteiger partial charge in [0.05, 0.1) is 11.9 Å². The molecule has 0 saturated carbocycles. The van der Waals surface area contributed by atoms with E-state index in [1.165, 1.54) is 0 Å². The number of aromatic nitrogens is 1. The van der Waals surface area contributed by atoms with Gasteiger partial charge in [0.1, 0.15) is 0 Å². The first-order chi connectivity index (χ1) is 10.8. The average molecular weight is 372 g/mol. The number of nitrogens with zero attached hydrogens (tertiary/aromatic N) is 3. The molecule has 22 heavy (non-hydrogen) atoms. The third-order valence-corrected chi connectivity index (χ3v) is 4.52. The summed E-state index contributed by atoms with van der Waals surface area (Å²) in [5.41, 5.74) is 3.20. The summed E-state index contributed by atoms with van der Waals surface area (Å²) in [4.78, 5) is 5.17. The highest BCUT2D eigenvalue weighted by molar-refractivity contribution is 9.10. The van der Waals surface area contributed by atoms with Gasteiger partial charge < -0.3 is 0 Å². The Bertz CT molecular complexity index is 863. The lowest BCUT2D eigenvalue weighted by Gasteiger charge is -2.03. The lowest BCUT2D eigenvalue weighted by molar-refractivity contribution is 0.848. The van der Waals surface area contributed by atoms with Crippen molar-refractivity contribution in [3.63, 3.8) is 0 Å². The summed E-state index contributed by atoms with van der Waals surface area (Å²) < 4.78 is 2.91. The van der Waals surface area contributed by atoms with Crippen molar-refractivity contribution in [3.8, 4) is 11.3 Å². The van der Waals surface area contributed by atoms with E-state index in [9.17, 15) is 0 Å². The maximum atomic E-state index is 4.61. The van der Waals surface area contributed by atoms with Gasteiger partial charge in [0.2, 0.25) is 4.80 Å². The van der Waals surface area contributed by atoms with Gasteiger partial charge in [-0.15, -0.1) is 11.3 Å². The van der Waals surface area contributed by atoms with Gasteiger partial charge in [-0.25, -0.2) is 4.68 Å². The van der Waals surface area contributed by atoms with Gasteiger partial charge in [0.25, 0.3) is 0 Å². The highest BCUT2D eigenvalue weighted by atomic mass is 79.9. The molecule has 0 aliphatic rings. The zero-order chi connectivity index (χ0) is 15.4. The second-order valence-electron chi connectivity index (χ2n) is 4.60. The fourth-order valence-electron chi connectivity index (χ4n) is 2.08. The molecule has 110 valence electrons. The standard InChI is InChI=1S/C17H14BrN3S/c1-19-17-21(20-11-13-6-5-9-15(18)10-13)16(12-22-17)14-7-3-2-4-8-14/h2-12H,1H3/b19-17?,20-11+. The lowest BCUT2D eigenvalue weighted by atomic mass is 10.2. The van der Waals surface area contributed by atoms with E-state index in [-0.39, 0.29) is 0 Å². The Labute approximate surface area is 141 Å². The van der Waals surface area contributed by atoms with E-state index in [0.29, 0.717) is 0 Å². The zero-order valence-corrected chi connectivity index (χ0v) is 14.4. The summed E-state index contributed by atoms with van der Waals surface area (Å²) in [5, 5.41) is 6.69. The SMILES string of the molecule is CN=c1scc(-c2ccccc2)n1/N=C/c1cccc(Br)c1. The van der Waals surface area contributed by atoms with Crippen molar-refractivity contribution in [1.29, 1.82) is 0 Å². The van der Waals surface area contributed by atoms with Crippen molar-refractivity contribution < 1.29 is 0 Å². The normalized spacial score (nSPS) is 12.2. The maximum absolute atomic E-state index is 4.61. The van der Waals surface area contributed by atoms with Crippen LogP contribution in [0.5, 0.6) is 0 Å². The van der Waals surface area contributed by atoms with Crippen LogP contribution in [0.25, 0.3) is 11.3 Å². The van der Waals surface area contributed by atoms with Gasteiger partial charge in [-0.1, -0.05) is 58.4 Å². The highest BCUT2D eigenvalue weighted by Gasteiger charge is 2.06. The lowest BCUT2D eigenvalue weighted by Crippen LogP contribution is -2.11. The smallest absolute Gasteiger partial charge is 0.205 e. The number of thiazole rings is 1. The van der Waals surface area contributed by atoms with E-state index in [4.69, 9.17) is 0 Å². The molecule has 3 rings (SSSR count). The van der Waals surface area contributed by atoms with Gasteiger partial charge in [0, 0.05) is 22.5 Å². The molecule has 0 N–H and O–H groups in total. The highest BCUT2D eigenvalue weighted by Crippen LogP contribution is 2.19. The fourth-order valence-corrected chi connectivity index (χ4v) is 3.30. The van der Waals surface area contributed by atoms with E-state index in [1.807, 2.05) is 53.4 Å². The predicted molar refractivity (Wildman–Crippen MR) is 96.4 cm³/mol. The van der Waals surface area contributed by atoms with Crippen LogP contribution in [0.4, 0.5) is 0 Å². The summed E-state index contributed by atoms with van der Waals surface area (Å²) in [5.74, 6) is 0. The molecule has 0 unspecified atom stereocenters. The van der Waals surface area contributed by atoms with Crippen molar-refractivity contribution in [2.75, 3.05) is 7.05 Å². The van der Waals surface area contributed by atoms with Crippen LogP contribution in [0, 0.1) is 0 Å². The van der Waals surface area contributed by atoms with E-state index in [2.05, 4.69) is 43.5 Å². The maximum Gasteiger partial charge on any atom is 0.205 e. The summed E-state index contributed by atoms with van der Waals surface area (Å²) in [6.07, 6.45) is 1.85. The Balaban J connectivity index is 2.05. The van der Waals surface area contributed by atoms with E-state index < -0.39 is 0 Å². The molecule has 1 aromatic heterocycles. The monoisotopic (exact) mass is 371 g/mol. The Hall–Kier alpha value is -1.98. The van der Waals surface area contributed by atoms with Crippen molar-refractivity contribution in [2.45, 2.75) is 0 Å². The molecule has 0 atom stereocenters. The van der Waals surface area contributed by atoms with Crippen LogP contribution in [-0.2, 0) is 0 Å². The Morgan fingerprint density at radius 2 is 1.91 bits per heavy atom. The molecule has 3 nitrogen and oxygen atoms in total. The third-order valence-electron chi connectivity index (χ3n) is 3.12. The summed E-state index contributed by atoms with van der Waals surface area (Å²) in [6, 6.07) is 18.3. The molecule has 0 fully saturated rings. The second-order valence-corrected chi connectivity index (χ2v) is 6.36. The van der Waals surface area contributed by atoms with Gasteiger partial charge in [0.15, 0.2) is 0 Å². The minimum Gasteiger partial charge on any atom is -0.261 e. The summed E-state index contributed by atoms with van der Waals surface area (Å²) >= 11 is 5.06. The van der Waals surface area contributed by atoms with Crippen LogP contribution in [0.3, 0.4) is 0 Å². The first-order valence-corrected chi connectivity index (χ1v) is 8.44. The van der Waals surface area contributed by atoms with Gasteiger partial charge >= 0.3 is 0 Å². The Kier molecular flexibility index (Phi) is 4.65. The van der Waals surface area contributed by atoms with E-state index >= 15 is 0 Å². The van der Waals surface area contributed by atoms with Gasteiger partial charge in [-0.3, -0.25) is 4.99 Å². The quantitative estimate of drug-likeness (QED) is 0.611. The largest absolute Gasteiger partial charge is 0.261 e. The van der Waals surface area contributed by atoms with Crippen molar-refractivity contribution in [1.82, 2.24) is 4.68 Å². The minimum atomic E-state index is 0.866. The molecule has 0 saturated heterocycles. The first kappa shape index (κ1) is 14.9. The molecule has 5 heteroatoms. The van der Waals surface area contributed by atoms with Crippen LogP contribution in [0.2, 0.25) is 0 Å². The van der Waals surface area contributed by atoms with Crippen molar-refractivity contribution in [3.05, 3.63) is 74.8 Å². The van der Waals surface area contributed by atoms with Crippen LogP contribution in [0.15, 0.2) is 74.5 Å². The van der Waals surface area contributed by atoms with Crippen molar-refractivity contribution >= 4 is 33.5 Å². The van der Waals surface area contributed by atoms with Gasteiger partial charge in [-0.05, 0) is 17.7 Å². The number of benzene rings is 2. The summed E-state index contributed by atoms with van der Waals surface area (Å²) in [7, 11) is 1.78. The third kappa shape index (κ3) is 3.26. The molecule has 0 radical (unpaired) electrons. The number of halogens is 1. The van der Waals surface area contributed by atoms with Crippen LogP contribution in [-0.4, -0.2) is 17.9 Å².